The van der Waals surface area contributed by atoms with Crippen molar-refractivity contribution in [3.63, 3.8) is 0 Å². The lowest BCUT2D eigenvalue weighted by Crippen LogP contribution is -2.43. The average molecular weight is 275 g/mol. The molecule has 1 unspecified atom stereocenters. The van der Waals surface area contributed by atoms with E-state index in [-0.39, 0.29) is 16.9 Å². The molecule has 5 nitrogen and oxygen atoms in total. The number of piperidine rings is 1. The maximum atomic E-state index is 12.6. The van der Waals surface area contributed by atoms with Crippen molar-refractivity contribution in [2.75, 3.05) is 19.6 Å². The van der Waals surface area contributed by atoms with Crippen molar-refractivity contribution in [2.45, 2.75) is 31.7 Å². The lowest BCUT2D eigenvalue weighted by Gasteiger charge is -2.30. The zero-order chi connectivity index (χ0) is 13.9. The molecule has 1 aliphatic carbocycles. The van der Waals surface area contributed by atoms with Gasteiger partial charge in [-0.15, -0.1) is 0 Å². The third kappa shape index (κ3) is 2.93. The Morgan fingerprint density at radius 3 is 2.85 bits per heavy atom. The molecule has 0 bridgehead atoms. The van der Waals surface area contributed by atoms with Crippen molar-refractivity contribution < 1.29 is 4.79 Å². The summed E-state index contributed by atoms with van der Waals surface area (Å²) in [7, 11) is 0. The average Bonchev–Trinajstić information content (AvgIpc) is 3.30. The van der Waals surface area contributed by atoms with Crippen molar-refractivity contribution in [1.29, 1.82) is 0 Å². The minimum absolute atomic E-state index is 0.111. The number of nitrogens with zero attached hydrogens (tertiary/aromatic N) is 1. The predicted molar refractivity (Wildman–Crippen MR) is 76.7 cm³/mol. The zero-order valence-electron chi connectivity index (χ0n) is 11.6. The van der Waals surface area contributed by atoms with Crippen LogP contribution in [0, 0.1) is 5.92 Å². The number of aromatic nitrogens is 1. The highest BCUT2D eigenvalue weighted by molar-refractivity contribution is 5.94. The fourth-order valence-electron chi connectivity index (χ4n) is 2.88. The molecule has 2 heterocycles. The van der Waals surface area contributed by atoms with Crippen LogP contribution in [0.2, 0.25) is 0 Å². The van der Waals surface area contributed by atoms with Crippen LogP contribution in [0.4, 0.5) is 0 Å². The number of H-pyrrole nitrogens is 1. The molecule has 2 fully saturated rings. The van der Waals surface area contributed by atoms with Crippen LogP contribution in [0.25, 0.3) is 0 Å². The zero-order valence-corrected chi connectivity index (χ0v) is 11.6. The summed E-state index contributed by atoms with van der Waals surface area (Å²) in [6.07, 6.45) is 7.55. The summed E-state index contributed by atoms with van der Waals surface area (Å²) in [5, 5.41) is 3.38. The first-order valence-corrected chi connectivity index (χ1v) is 7.44. The second kappa shape index (κ2) is 5.79. The first kappa shape index (κ1) is 13.4. The van der Waals surface area contributed by atoms with E-state index in [2.05, 4.69) is 10.3 Å². The fourth-order valence-corrected chi connectivity index (χ4v) is 2.88. The van der Waals surface area contributed by atoms with E-state index in [1.165, 1.54) is 18.7 Å². The third-order valence-electron chi connectivity index (χ3n) is 4.16. The normalized spacial score (nSPS) is 22.5. The quantitative estimate of drug-likeness (QED) is 0.861. The Bertz CT molecular complexity index is 530. The van der Waals surface area contributed by atoms with Crippen LogP contribution in [0.1, 0.15) is 36.0 Å². The molecule has 3 rings (SSSR count). The topological polar surface area (TPSA) is 65.2 Å². The second-order valence-electron chi connectivity index (χ2n) is 5.82. The van der Waals surface area contributed by atoms with E-state index in [0.29, 0.717) is 12.0 Å². The number of rotatable bonds is 4. The minimum Gasteiger partial charge on any atom is -0.367 e. The third-order valence-corrected chi connectivity index (χ3v) is 4.16. The Labute approximate surface area is 118 Å². The molecule has 0 radical (unpaired) electrons. The molecule has 1 aromatic rings. The lowest BCUT2D eigenvalue weighted by molar-refractivity contribution is 0.0702. The molecular formula is C15H21N3O2. The summed E-state index contributed by atoms with van der Waals surface area (Å²) in [6, 6.07) is 1.75. The summed E-state index contributed by atoms with van der Waals surface area (Å²) < 4.78 is 0. The maximum Gasteiger partial charge on any atom is 0.259 e. The number of hydrogen-bond acceptors (Lipinski definition) is 3. The van der Waals surface area contributed by atoms with Gasteiger partial charge in [-0.1, -0.05) is 0 Å². The molecule has 108 valence electrons. The van der Waals surface area contributed by atoms with Gasteiger partial charge in [0.2, 0.25) is 0 Å². The van der Waals surface area contributed by atoms with Crippen molar-refractivity contribution in [3.05, 3.63) is 34.2 Å². The molecule has 5 heteroatoms. The Kier molecular flexibility index (Phi) is 3.87. The second-order valence-corrected chi connectivity index (χ2v) is 5.82. The van der Waals surface area contributed by atoms with Gasteiger partial charge >= 0.3 is 0 Å². The number of hydrogen-bond donors (Lipinski definition) is 2. The van der Waals surface area contributed by atoms with E-state index in [1.807, 2.05) is 4.90 Å². The highest BCUT2D eigenvalue weighted by Crippen LogP contribution is 2.29. The number of amides is 1. The number of aromatic amines is 1. The summed E-state index contributed by atoms with van der Waals surface area (Å²) in [4.78, 5) is 29.2. The van der Waals surface area contributed by atoms with Gasteiger partial charge in [-0.05, 0) is 44.7 Å². The Morgan fingerprint density at radius 2 is 2.20 bits per heavy atom. The highest BCUT2D eigenvalue weighted by Gasteiger charge is 2.35. The Morgan fingerprint density at radius 1 is 1.35 bits per heavy atom. The largest absolute Gasteiger partial charge is 0.367 e. The van der Waals surface area contributed by atoms with Crippen LogP contribution in [-0.4, -0.2) is 41.5 Å². The van der Waals surface area contributed by atoms with Crippen LogP contribution in [0.3, 0.4) is 0 Å². The van der Waals surface area contributed by atoms with Crippen molar-refractivity contribution in [2.24, 2.45) is 5.92 Å². The molecule has 1 atom stereocenters. The van der Waals surface area contributed by atoms with Gasteiger partial charge in [0.25, 0.3) is 5.91 Å². The molecule has 0 aromatic carbocycles. The molecular weight excluding hydrogens is 254 g/mol. The number of pyridine rings is 1. The molecule has 2 aliphatic rings. The Hall–Kier alpha value is -1.62. The summed E-state index contributed by atoms with van der Waals surface area (Å²) in [5.74, 6) is 0.399. The summed E-state index contributed by atoms with van der Waals surface area (Å²) >= 11 is 0. The maximum absolute atomic E-state index is 12.6. The van der Waals surface area contributed by atoms with Gasteiger partial charge in [0.05, 0.1) is 0 Å². The molecule has 1 aromatic heterocycles. The molecule has 2 N–H and O–H groups in total. The van der Waals surface area contributed by atoms with Crippen molar-refractivity contribution in [1.82, 2.24) is 15.2 Å². The van der Waals surface area contributed by atoms with Crippen LogP contribution in [-0.2, 0) is 0 Å². The monoisotopic (exact) mass is 275 g/mol. The van der Waals surface area contributed by atoms with Crippen LogP contribution >= 0.6 is 0 Å². The van der Waals surface area contributed by atoms with Crippen molar-refractivity contribution >= 4 is 5.91 Å². The standard InChI is InChI=1S/C15H21N3O2/c19-14-5-7-17-9-13(14)15(20)18(12-3-4-12)10-11-2-1-6-16-8-11/h5,7,9,11-12,16H,1-4,6,8,10H2,(H,17,19). The Balaban J connectivity index is 1.75. The first-order chi connectivity index (χ1) is 9.75. The van der Waals surface area contributed by atoms with E-state index in [9.17, 15) is 9.59 Å². The van der Waals surface area contributed by atoms with E-state index in [0.717, 1.165) is 38.9 Å². The molecule has 0 spiro atoms. The van der Waals surface area contributed by atoms with Gasteiger partial charge in [0.1, 0.15) is 5.56 Å². The molecule has 20 heavy (non-hydrogen) atoms. The van der Waals surface area contributed by atoms with E-state index in [4.69, 9.17) is 0 Å². The predicted octanol–water partition coefficient (Wildman–Crippen LogP) is 0.979. The van der Waals surface area contributed by atoms with Gasteiger partial charge in [-0.25, -0.2) is 0 Å². The van der Waals surface area contributed by atoms with Gasteiger partial charge in [-0.3, -0.25) is 9.59 Å². The lowest BCUT2D eigenvalue weighted by atomic mass is 9.98. The summed E-state index contributed by atoms with van der Waals surface area (Å²) in [5.41, 5.74) is 0.0735. The molecule has 1 saturated heterocycles. The number of carbonyl (C=O) groups excluding carboxylic acids is 1. The number of nitrogens with one attached hydrogen (secondary N) is 2. The smallest absolute Gasteiger partial charge is 0.259 e. The highest BCUT2D eigenvalue weighted by atomic mass is 16.2. The summed E-state index contributed by atoms with van der Waals surface area (Å²) in [6.45, 7) is 2.82. The van der Waals surface area contributed by atoms with E-state index >= 15 is 0 Å². The van der Waals surface area contributed by atoms with E-state index < -0.39 is 0 Å². The minimum atomic E-state index is -0.193. The van der Waals surface area contributed by atoms with Crippen LogP contribution < -0.4 is 10.7 Å². The molecule has 1 saturated carbocycles. The van der Waals surface area contributed by atoms with E-state index in [1.54, 1.807) is 6.20 Å². The first-order valence-electron chi connectivity index (χ1n) is 7.44. The fraction of sp³-hybridized carbons (Fsp3) is 0.600. The van der Waals surface area contributed by atoms with Gasteiger partial charge in [0.15, 0.2) is 5.43 Å². The van der Waals surface area contributed by atoms with Gasteiger partial charge < -0.3 is 15.2 Å². The SMILES string of the molecule is O=C(c1c[nH]ccc1=O)N(CC1CCCNC1)C1CC1. The van der Waals surface area contributed by atoms with Gasteiger partial charge in [-0.2, -0.15) is 0 Å². The van der Waals surface area contributed by atoms with Crippen molar-refractivity contribution in [3.8, 4) is 0 Å². The van der Waals surface area contributed by atoms with Gasteiger partial charge in [0, 0.05) is 31.0 Å². The molecule has 1 aliphatic heterocycles. The van der Waals surface area contributed by atoms with Crippen LogP contribution in [0.15, 0.2) is 23.3 Å². The number of carbonyl (C=O) groups is 1. The van der Waals surface area contributed by atoms with Crippen LogP contribution in [0.5, 0.6) is 0 Å². The molecule has 1 amide bonds.